The van der Waals surface area contributed by atoms with Gasteiger partial charge >= 0.3 is 0 Å². The van der Waals surface area contributed by atoms with Crippen LogP contribution in [0.3, 0.4) is 0 Å². The highest BCUT2D eigenvalue weighted by molar-refractivity contribution is 6.31. The van der Waals surface area contributed by atoms with Gasteiger partial charge in [-0.05, 0) is 42.7 Å². The Morgan fingerprint density at radius 3 is 2.56 bits per heavy atom. The molecule has 0 aliphatic carbocycles. The van der Waals surface area contributed by atoms with Crippen molar-refractivity contribution in [1.29, 1.82) is 0 Å². The van der Waals surface area contributed by atoms with Gasteiger partial charge in [-0.2, -0.15) is 0 Å². The van der Waals surface area contributed by atoms with Crippen molar-refractivity contribution in [2.24, 2.45) is 5.73 Å². The normalized spacial score (nSPS) is 12.4. The molecule has 2 aromatic rings. The molecule has 0 fully saturated rings. The third-order valence-electron chi connectivity index (χ3n) is 2.78. The summed E-state index contributed by atoms with van der Waals surface area (Å²) in [5, 5.41) is 0.431. The van der Waals surface area contributed by atoms with Crippen LogP contribution in [0.1, 0.15) is 11.1 Å². The second kappa shape index (κ2) is 5.94. The Morgan fingerprint density at radius 1 is 1.17 bits per heavy atom. The molecule has 0 bridgehead atoms. The summed E-state index contributed by atoms with van der Waals surface area (Å²) in [7, 11) is 0. The van der Waals surface area contributed by atoms with Crippen molar-refractivity contribution in [1.82, 2.24) is 4.98 Å². The van der Waals surface area contributed by atoms with Crippen LogP contribution in [0.5, 0.6) is 0 Å². The fraction of sp³-hybridized carbons (Fsp3) is 0.214. The molecule has 0 radical (unpaired) electrons. The molecule has 18 heavy (non-hydrogen) atoms. The predicted molar refractivity (Wildman–Crippen MR) is 71.0 cm³/mol. The van der Waals surface area contributed by atoms with Gasteiger partial charge in [-0.25, -0.2) is 4.39 Å². The van der Waals surface area contributed by atoms with Gasteiger partial charge in [0.05, 0.1) is 0 Å². The third-order valence-corrected chi connectivity index (χ3v) is 3.13. The maximum atomic E-state index is 13.6. The van der Waals surface area contributed by atoms with E-state index in [9.17, 15) is 4.39 Å². The summed E-state index contributed by atoms with van der Waals surface area (Å²) in [5.74, 6) is -0.298. The fourth-order valence-electron chi connectivity index (χ4n) is 1.88. The monoisotopic (exact) mass is 264 g/mol. The van der Waals surface area contributed by atoms with E-state index in [0.29, 0.717) is 23.4 Å². The molecule has 0 spiro atoms. The van der Waals surface area contributed by atoms with Crippen molar-refractivity contribution in [3.8, 4) is 0 Å². The van der Waals surface area contributed by atoms with Crippen LogP contribution in [0, 0.1) is 5.82 Å². The Balaban J connectivity index is 2.06. The molecule has 0 saturated carbocycles. The molecule has 1 heterocycles. The van der Waals surface area contributed by atoms with E-state index in [2.05, 4.69) is 4.98 Å². The maximum Gasteiger partial charge on any atom is 0.127 e. The number of hydrogen-bond donors (Lipinski definition) is 1. The van der Waals surface area contributed by atoms with E-state index in [1.54, 1.807) is 24.5 Å². The predicted octanol–water partition coefficient (Wildman–Crippen LogP) is 2.99. The Hall–Kier alpha value is -1.45. The van der Waals surface area contributed by atoms with Gasteiger partial charge in [0, 0.05) is 29.0 Å². The minimum Gasteiger partial charge on any atom is -0.327 e. The summed E-state index contributed by atoms with van der Waals surface area (Å²) in [4.78, 5) is 3.94. The van der Waals surface area contributed by atoms with Crippen molar-refractivity contribution < 1.29 is 4.39 Å². The van der Waals surface area contributed by atoms with Gasteiger partial charge in [0.1, 0.15) is 5.82 Å². The number of hydrogen-bond acceptors (Lipinski definition) is 2. The molecule has 4 heteroatoms. The summed E-state index contributed by atoms with van der Waals surface area (Å²) < 4.78 is 13.6. The van der Waals surface area contributed by atoms with Crippen molar-refractivity contribution in [2.75, 3.05) is 0 Å². The molecule has 0 aliphatic heterocycles. The van der Waals surface area contributed by atoms with Gasteiger partial charge < -0.3 is 5.73 Å². The van der Waals surface area contributed by atoms with Gasteiger partial charge in [0.2, 0.25) is 0 Å². The van der Waals surface area contributed by atoms with E-state index in [1.807, 2.05) is 12.1 Å². The first-order valence-corrected chi connectivity index (χ1v) is 6.12. The van der Waals surface area contributed by atoms with Crippen molar-refractivity contribution >= 4 is 11.6 Å². The van der Waals surface area contributed by atoms with Crippen LogP contribution in [0.2, 0.25) is 5.02 Å². The van der Waals surface area contributed by atoms with Crippen LogP contribution in [0.15, 0.2) is 42.7 Å². The van der Waals surface area contributed by atoms with E-state index in [1.165, 1.54) is 6.07 Å². The Labute approximate surface area is 111 Å². The Bertz CT molecular complexity index is 496. The lowest BCUT2D eigenvalue weighted by molar-refractivity contribution is 0.584. The SMILES string of the molecule is NC(Cc1ccncc1)Cc1c(F)cccc1Cl. The lowest BCUT2D eigenvalue weighted by Crippen LogP contribution is -2.26. The van der Waals surface area contributed by atoms with Crippen LogP contribution in [0.4, 0.5) is 4.39 Å². The van der Waals surface area contributed by atoms with Crippen LogP contribution in [0.25, 0.3) is 0 Å². The number of halogens is 2. The van der Waals surface area contributed by atoms with E-state index < -0.39 is 0 Å². The Morgan fingerprint density at radius 2 is 1.89 bits per heavy atom. The van der Waals surface area contributed by atoms with E-state index in [-0.39, 0.29) is 11.9 Å². The molecule has 2 nitrogen and oxygen atoms in total. The van der Waals surface area contributed by atoms with Gasteiger partial charge in [-0.15, -0.1) is 0 Å². The highest BCUT2D eigenvalue weighted by Crippen LogP contribution is 2.20. The quantitative estimate of drug-likeness (QED) is 0.922. The molecule has 2 N–H and O–H groups in total. The average Bonchev–Trinajstić information content (AvgIpc) is 2.35. The van der Waals surface area contributed by atoms with Gasteiger partial charge in [-0.1, -0.05) is 17.7 Å². The molecule has 1 unspecified atom stereocenters. The topological polar surface area (TPSA) is 38.9 Å². The number of rotatable bonds is 4. The van der Waals surface area contributed by atoms with Crippen LogP contribution >= 0.6 is 11.6 Å². The number of nitrogens with two attached hydrogens (primary N) is 1. The average molecular weight is 265 g/mol. The molecule has 0 saturated heterocycles. The summed E-state index contributed by atoms with van der Waals surface area (Å²) in [6.07, 6.45) is 4.54. The first-order valence-electron chi connectivity index (χ1n) is 5.74. The van der Waals surface area contributed by atoms with Gasteiger partial charge in [0.15, 0.2) is 0 Å². The minimum atomic E-state index is -0.298. The maximum absolute atomic E-state index is 13.6. The number of nitrogens with zero attached hydrogens (tertiary/aromatic N) is 1. The standard InChI is InChI=1S/C14H14ClFN2/c15-13-2-1-3-14(16)12(13)9-11(17)8-10-4-6-18-7-5-10/h1-7,11H,8-9,17H2. The van der Waals surface area contributed by atoms with Crippen LogP contribution in [-0.2, 0) is 12.8 Å². The molecule has 1 aromatic carbocycles. The molecule has 0 aliphatic rings. The zero-order chi connectivity index (χ0) is 13.0. The molecule has 94 valence electrons. The van der Waals surface area contributed by atoms with E-state index in [4.69, 9.17) is 17.3 Å². The van der Waals surface area contributed by atoms with Crippen molar-refractivity contribution in [3.63, 3.8) is 0 Å². The largest absolute Gasteiger partial charge is 0.327 e. The number of benzene rings is 1. The molecule has 2 rings (SSSR count). The Kier molecular flexibility index (Phi) is 4.28. The van der Waals surface area contributed by atoms with Crippen LogP contribution < -0.4 is 5.73 Å². The number of pyridine rings is 1. The summed E-state index contributed by atoms with van der Waals surface area (Å²) >= 11 is 5.97. The first-order chi connectivity index (χ1) is 8.66. The number of aromatic nitrogens is 1. The lowest BCUT2D eigenvalue weighted by Gasteiger charge is -2.13. The molecule has 0 amide bonds. The van der Waals surface area contributed by atoms with Crippen LogP contribution in [-0.4, -0.2) is 11.0 Å². The van der Waals surface area contributed by atoms with Gasteiger partial charge in [-0.3, -0.25) is 4.98 Å². The summed E-state index contributed by atoms with van der Waals surface area (Å²) in [6.45, 7) is 0. The van der Waals surface area contributed by atoms with Gasteiger partial charge in [0.25, 0.3) is 0 Å². The zero-order valence-corrected chi connectivity index (χ0v) is 10.6. The molecular formula is C14H14ClFN2. The highest BCUT2D eigenvalue weighted by Gasteiger charge is 2.12. The lowest BCUT2D eigenvalue weighted by atomic mass is 10.00. The minimum absolute atomic E-state index is 0.165. The second-order valence-electron chi connectivity index (χ2n) is 4.22. The first kappa shape index (κ1) is 13.0. The van der Waals surface area contributed by atoms with Crippen molar-refractivity contribution in [2.45, 2.75) is 18.9 Å². The second-order valence-corrected chi connectivity index (χ2v) is 4.63. The molecular weight excluding hydrogens is 251 g/mol. The zero-order valence-electron chi connectivity index (χ0n) is 9.81. The third kappa shape index (κ3) is 3.28. The summed E-state index contributed by atoms with van der Waals surface area (Å²) in [6, 6.07) is 8.32. The van der Waals surface area contributed by atoms with Crippen molar-refractivity contribution in [3.05, 3.63) is 64.7 Å². The molecule has 1 atom stereocenters. The highest BCUT2D eigenvalue weighted by atomic mass is 35.5. The smallest absolute Gasteiger partial charge is 0.127 e. The van der Waals surface area contributed by atoms with E-state index in [0.717, 1.165) is 5.56 Å². The summed E-state index contributed by atoms with van der Waals surface area (Å²) in [5.41, 5.74) is 7.60. The van der Waals surface area contributed by atoms with E-state index >= 15 is 0 Å². The molecule has 1 aromatic heterocycles. The fourth-order valence-corrected chi connectivity index (χ4v) is 2.12.